The summed E-state index contributed by atoms with van der Waals surface area (Å²) in [4.78, 5) is 0. The summed E-state index contributed by atoms with van der Waals surface area (Å²) in [6.07, 6.45) is 1.99. The normalized spacial score (nSPS) is 11.6. The summed E-state index contributed by atoms with van der Waals surface area (Å²) in [5.74, 6) is 0. The first-order chi connectivity index (χ1) is 9.42. The van der Waals surface area contributed by atoms with Crippen molar-refractivity contribution in [2.45, 2.75) is 19.4 Å². The summed E-state index contributed by atoms with van der Waals surface area (Å²) in [5, 5.41) is 2.65. The second kappa shape index (κ2) is 8.10. The van der Waals surface area contributed by atoms with Crippen LogP contribution in [0.15, 0.2) is 42.5 Å². The molecule has 19 heavy (non-hydrogen) atoms. The fraction of sp³-hybridized carbons (Fsp3) is 0.375. The first kappa shape index (κ1) is 14.3. The van der Waals surface area contributed by atoms with Crippen molar-refractivity contribution in [3.63, 3.8) is 0 Å². The molecule has 102 valence electrons. The Kier molecular flexibility index (Phi) is 6.07. The van der Waals surface area contributed by atoms with Gasteiger partial charge in [-0.15, -0.1) is 0 Å². The number of ether oxygens (including phenoxy) is 1. The molecule has 0 saturated carbocycles. The van der Waals surface area contributed by atoms with E-state index in [0.717, 1.165) is 32.7 Å². The molecule has 2 aromatic rings. The molecule has 0 spiro atoms. The Bertz CT molecular complexity index is 494. The Labute approximate surface area is 117 Å². The molecule has 0 aliphatic rings. The summed E-state index contributed by atoms with van der Waals surface area (Å²) in [6, 6.07) is 15.0. The Morgan fingerprint density at radius 1 is 0.947 bits per heavy atom. The third-order valence-corrected chi connectivity index (χ3v) is 3.87. The van der Waals surface area contributed by atoms with Gasteiger partial charge in [-0.05, 0) is 29.2 Å². The molecule has 2 nitrogen and oxygen atoms in total. The van der Waals surface area contributed by atoms with Gasteiger partial charge in [-0.25, -0.2) is 0 Å². The topological polar surface area (TPSA) is 18.5 Å². The lowest BCUT2D eigenvalue weighted by Crippen LogP contribution is -2.04. The number of fused-ring (bicyclic) bond motifs is 1. The van der Waals surface area contributed by atoms with Crippen molar-refractivity contribution in [3.8, 4) is 0 Å². The molecule has 0 saturated heterocycles. The molecule has 0 aromatic heterocycles. The maximum atomic E-state index is 5.67. The summed E-state index contributed by atoms with van der Waals surface area (Å²) in [6.45, 7) is 4.61. The first-order valence-electron chi connectivity index (χ1n) is 7.04. The van der Waals surface area contributed by atoms with E-state index in [4.69, 9.17) is 9.16 Å². The predicted octanol–water partition coefficient (Wildman–Crippen LogP) is 2.94. The molecule has 0 aliphatic carbocycles. The highest BCUT2D eigenvalue weighted by Gasteiger charge is 2.00. The van der Waals surface area contributed by atoms with E-state index in [1.807, 2.05) is 0 Å². The van der Waals surface area contributed by atoms with E-state index in [-0.39, 0.29) is 9.76 Å². The number of hydrogen-bond donors (Lipinski definition) is 0. The molecule has 0 heterocycles. The highest BCUT2D eigenvalue weighted by Crippen LogP contribution is 2.18. The van der Waals surface area contributed by atoms with Crippen LogP contribution in [-0.4, -0.2) is 29.6 Å². The number of rotatable bonds is 8. The van der Waals surface area contributed by atoms with Gasteiger partial charge in [0, 0.05) is 13.2 Å². The van der Waals surface area contributed by atoms with E-state index < -0.39 is 0 Å². The molecule has 0 N–H and O–H groups in total. The monoisotopic (exact) mass is 274 g/mol. The Morgan fingerprint density at radius 3 is 2.68 bits per heavy atom. The fourth-order valence-electron chi connectivity index (χ4n) is 2.20. The van der Waals surface area contributed by atoms with Gasteiger partial charge < -0.3 is 9.16 Å². The van der Waals surface area contributed by atoms with E-state index in [2.05, 4.69) is 49.0 Å². The van der Waals surface area contributed by atoms with Crippen molar-refractivity contribution >= 4 is 20.5 Å². The fourth-order valence-corrected chi connectivity index (χ4v) is 2.69. The van der Waals surface area contributed by atoms with Crippen LogP contribution in [0.2, 0.25) is 6.55 Å². The minimum Gasteiger partial charge on any atom is -0.424 e. The quantitative estimate of drug-likeness (QED) is 0.544. The zero-order valence-corrected chi connectivity index (χ0v) is 13.0. The van der Waals surface area contributed by atoms with E-state index in [1.165, 1.54) is 16.3 Å². The van der Waals surface area contributed by atoms with E-state index >= 15 is 0 Å². The highest BCUT2D eigenvalue weighted by atomic mass is 28.2. The van der Waals surface area contributed by atoms with Crippen molar-refractivity contribution in [1.29, 1.82) is 0 Å². The SMILES string of the molecule is C[SiH2]OCCCOCCc1cccc2ccccc12. The third kappa shape index (κ3) is 4.46. The van der Waals surface area contributed by atoms with Crippen LogP contribution in [0.25, 0.3) is 10.8 Å². The second-order valence-corrected chi connectivity index (χ2v) is 5.54. The lowest BCUT2D eigenvalue weighted by atomic mass is 10.0. The molecule has 0 fully saturated rings. The average Bonchev–Trinajstić information content (AvgIpc) is 2.46. The predicted molar refractivity (Wildman–Crippen MR) is 83.4 cm³/mol. The summed E-state index contributed by atoms with van der Waals surface area (Å²) >= 11 is 0. The van der Waals surface area contributed by atoms with Crippen LogP contribution in [0.4, 0.5) is 0 Å². The molecule has 0 amide bonds. The van der Waals surface area contributed by atoms with Crippen LogP contribution in [0.3, 0.4) is 0 Å². The number of hydrogen-bond acceptors (Lipinski definition) is 2. The summed E-state index contributed by atoms with van der Waals surface area (Å²) in [5.41, 5.74) is 1.37. The zero-order chi connectivity index (χ0) is 13.3. The Morgan fingerprint density at radius 2 is 1.79 bits per heavy atom. The van der Waals surface area contributed by atoms with Gasteiger partial charge in [-0.1, -0.05) is 49.0 Å². The van der Waals surface area contributed by atoms with Crippen molar-refractivity contribution < 1.29 is 9.16 Å². The summed E-state index contributed by atoms with van der Waals surface area (Å²) < 4.78 is 11.1. The molecule has 2 aromatic carbocycles. The van der Waals surface area contributed by atoms with Crippen molar-refractivity contribution in [3.05, 3.63) is 48.0 Å². The minimum absolute atomic E-state index is 0.246. The van der Waals surface area contributed by atoms with Crippen LogP contribution in [0.1, 0.15) is 12.0 Å². The molecule has 0 bridgehead atoms. The molecule has 3 heteroatoms. The molecular formula is C16H22O2Si. The Hall–Kier alpha value is -1.16. The van der Waals surface area contributed by atoms with Crippen molar-refractivity contribution in [2.24, 2.45) is 0 Å². The lowest BCUT2D eigenvalue weighted by molar-refractivity contribution is 0.123. The van der Waals surface area contributed by atoms with E-state index in [0.29, 0.717) is 0 Å². The van der Waals surface area contributed by atoms with E-state index in [9.17, 15) is 0 Å². The lowest BCUT2D eigenvalue weighted by Gasteiger charge is -2.07. The van der Waals surface area contributed by atoms with Gasteiger partial charge in [0.2, 0.25) is 0 Å². The zero-order valence-electron chi connectivity index (χ0n) is 11.6. The maximum Gasteiger partial charge on any atom is 0.158 e. The van der Waals surface area contributed by atoms with Crippen molar-refractivity contribution in [2.75, 3.05) is 19.8 Å². The highest BCUT2D eigenvalue weighted by molar-refractivity contribution is 6.24. The van der Waals surface area contributed by atoms with Crippen LogP contribution < -0.4 is 0 Å². The first-order valence-corrected chi connectivity index (χ1v) is 9.03. The molecular weight excluding hydrogens is 252 g/mol. The largest absolute Gasteiger partial charge is 0.424 e. The Balaban J connectivity index is 1.78. The molecule has 0 aliphatic heterocycles. The van der Waals surface area contributed by atoms with Gasteiger partial charge in [0.15, 0.2) is 9.76 Å². The molecule has 2 rings (SSSR count). The van der Waals surface area contributed by atoms with Gasteiger partial charge in [0.1, 0.15) is 0 Å². The van der Waals surface area contributed by atoms with Gasteiger partial charge in [0.05, 0.1) is 6.61 Å². The molecule has 0 atom stereocenters. The molecule has 0 unspecified atom stereocenters. The van der Waals surface area contributed by atoms with Crippen LogP contribution in [0.5, 0.6) is 0 Å². The van der Waals surface area contributed by atoms with Crippen LogP contribution >= 0.6 is 0 Å². The minimum atomic E-state index is -0.246. The van der Waals surface area contributed by atoms with Gasteiger partial charge in [0.25, 0.3) is 0 Å². The third-order valence-electron chi connectivity index (χ3n) is 3.18. The van der Waals surface area contributed by atoms with E-state index in [1.54, 1.807) is 0 Å². The van der Waals surface area contributed by atoms with Gasteiger partial charge in [-0.2, -0.15) is 0 Å². The summed E-state index contributed by atoms with van der Waals surface area (Å²) in [7, 11) is -0.246. The van der Waals surface area contributed by atoms with Crippen molar-refractivity contribution in [1.82, 2.24) is 0 Å². The van der Waals surface area contributed by atoms with Crippen LogP contribution in [0, 0.1) is 0 Å². The average molecular weight is 274 g/mol. The molecule has 0 radical (unpaired) electrons. The smallest absolute Gasteiger partial charge is 0.158 e. The second-order valence-electron chi connectivity index (χ2n) is 4.55. The van der Waals surface area contributed by atoms with Crippen LogP contribution in [-0.2, 0) is 15.6 Å². The standard InChI is InChI=1S/C16H22O2Si/c1-19-18-12-5-11-17-13-10-15-8-4-7-14-6-2-3-9-16(14)15/h2-4,6-9H,5,10-13,19H2,1H3. The van der Waals surface area contributed by atoms with Gasteiger partial charge >= 0.3 is 0 Å². The maximum absolute atomic E-state index is 5.67. The number of benzene rings is 2. The van der Waals surface area contributed by atoms with Gasteiger partial charge in [-0.3, -0.25) is 0 Å².